The normalized spacial score (nSPS) is 12.8. The number of esters is 1. The Labute approximate surface area is 82.8 Å². The molecule has 0 aromatic heterocycles. The molecule has 0 N–H and O–H groups in total. The smallest absolute Gasteiger partial charge is 0.315 e. The first kappa shape index (κ1) is 12.2. The first-order valence-electron chi connectivity index (χ1n) is 3.94. The number of rotatable bonds is 4. The molecule has 0 spiro atoms. The van der Waals surface area contributed by atoms with Crippen LogP contribution in [-0.2, 0) is 14.3 Å². The molecular formula is C8H13NO3S. The first-order valence-corrected chi connectivity index (χ1v) is 4.57. The highest BCUT2D eigenvalue weighted by Gasteiger charge is 2.15. The molecule has 4 nitrogen and oxygen atoms in total. The minimum atomic E-state index is -0.535. The molecule has 13 heavy (non-hydrogen) atoms. The number of ether oxygens (including phenoxy) is 1. The largest absolute Gasteiger partial charge is 0.465 e. The summed E-state index contributed by atoms with van der Waals surface area (Å²) in [4.78, 5) is 25.1. The quantitative estimate of drug-likeness (QED) is 0.416. The zero-order valence-corrected chi connectivity index (χ0v) is 8.58. The monoisotopic (exact) mass is 203 g/mol. The van der Waals surface area contributed by atoms with Crippen molar-refractivity contribution in [3.05, 3.63) is 0 Å². The van der Waals surface area contributed by atoms with E-state index >= 15 is 0 Å². The number of carbonyl (C=O) groups excluding carboxylic acids is 2. The molecule has 74 valence electrons. The second-order valence-corrected chi connectivity index (χ2v) is 2.70. The molecule has 0 saturated heterocycles. The van der Waals surface area contributed by atoms with E-state index in [0.29, 0.717) is 6.61 Å². The SMILES string of the molecule is CCOC(=O)[C@@H](C=NC(C)=O)CS. The highest BCUT2D eigenvalue weighted by atomic mass is 32.1. The van der Waals surface area contributed by atoms with Gasteiger partial charge in [-0.05, 0) is 6.92 Å². The number of thiol groups is 1. The summed E-state index contributed by atoms with van der Waals surface area (Å²) in [6, 6.07) is 0. The molecule has 0 aromatic carbocycles. The average molecular weight is 203 g/mol. The van der Waals surface area contributed by atoms with E-state index in [-0.39, 0.29) is 11.7 Å². The molecule has 0 unspecified atom stereocenters. The summed E-state index contributed by atoms with van der Waals surface area (Å²) in [5, 5.41) is 0. The zero-order chi connectivity index (χ0) is 10.3. The van der Waals surface area contributed by atoms with Crippen LogP contribution in [0.5, 0.6) is 0 Å². The predicted molar refractivity (Wildman–Crippen MR) is 53.1 cm³/mol. The van der Waals surface area contributed by atoms with Crippen molar-refractivity contribution >= 4 is 30.7 Å². The molecule has 0 aromatic rings. The molecule has 0 aliphatic rings. The standard InChI is InChI=1S/C8H13NO3S/c1-3-12-8(11)7(5-13)4-9-6(2)10/h4,7,13H,3,5H2,1-2H3/t7-/m0/s1. The summed E-state index contributed by atoms with van der Waals surface area (Å²) in [7, 11) is 0. The van der Waals surface area contributed by atoms with Gasteiger partial charge in [-0.15, -0.1) is 0 Å². The second kappa shape index (κ2) is 6.65. The maximum Gasteiger partial charge on any atom is 0.315 e. The molecule has 0 saturated carbocycles. The average Bonchev–Trinajstić information content (AvgIpc) is 2.05. The van der Waals surface area contributed by atoms with Gasteiger partial charge < -0.3 is 4.74 Å². The van der Waals surface area contributed by atoms with Gasteiger partial charge in [0.05, 0.1) is 6.61 Å². The highest BCUT2D eigenvalue weighted by Crippen LogP contribution is 1.99. The van der Waals surface area contributed by atoms with Crippen molar-refractivity contribution in [2.24, 2.45) is 10.9 Å². The minimum absolute atomic E-state index is 0.287. The van der Waals surface area contributed by atoms with Gasteiger partial charge in [-0.3, -0.25) is 9.59 Å². The van der Waals surface area contributed by atoms with E-state index in [1.807, 2.05) is 0 Å². The Morgan fingerprint density at radius 1 is 1.62 bits per heavy atom. The lowest BCUT2D eigenvalue weighted by atomic mass is 10.2. The van der Waals surface area contributed by atoms with Crippen molar-refractivity contribution in [1.29, 1.82) is 0 Å². The molecular weight excluding hydrogens is 190 g/mol. The van der Waals surface area contributed by atoms with Crippen LogP contribution in [0.15, 0.2) is 4.99 Å². The van der Waals surface area contributed by atoms with Crippen LogP contribution >= 0.6 is 12.6 Å². The molecule has 1 amide bonds. The third-order valence-electron chi connectivity index (χ3n) is 1.22. The van der Waals surface area contributed by atoms with Crippen LogP contribution in [0, 0.1) is 5.92 Å². The van der Waals surface area contributed by atoms with Crippen molar-refractivity contribution in [1.82, 2.24) is 0 Å². The summed E-state index contributed by atoms with van der Waals surface area (Å²) in [5.41, 5.74) is 0. The highest BCUT2D eigenvalue weighted by molar-refractivity contribution is 7.80. The van der Waals surface area contributed by atoms with Crippen molar-refractivity contribution in [3.8, 4) is 0 Å². The van der Waals surface area contributed by atoms with Gasteiger partial charge >= 0.3 is 5.97 Å². The Kier molecular flexibility index (Phi) is 6.22. The van der Waals surface area contributed by atoms with Crippen molar-refractivity contribution in [2.75, 3.05) is 12.4 Å². The molecule has 0 aliphatic carbocycles. The fraction of sp³-hybridized carbons (Fsp3) is 0.625. The molecule has 0 fully saturated rings. The van der Waals surface area contributed by atoms with Crippen LogP contribution in [0.2, 0.25) is 0 Å². The van der Waals surface area contributed by atoms with Gasteiger partial charge in [0.2, 0.25) is 5.91 Å². The van der Waals surface area contributed by atoms with Gasteiger partial charge in [-0.25, -0.2) is 4.99 Å². The Hall–Kier alpha value is -0.840. The topological polar surface area (TPSA) is 55.7 Å². The molecule has 0 aliphatic heterocycles. The molecule has 0 bridgehead atoms. The van der Waals surface area contributed by atoms with Crippen LogP contribution in [0.1, 0.15) is 13.8 Å². The van der Waals surface area contributed by atoms with E-state index in [1.54, 1.807) is 6.92 Å². The Morgan fingerprint density at radius 2 is 2.23 bits per heavy atom. The summed E-state index contributed by atoms with van der Waals surface area (Å²) >= 11 is 3.95. The molecule has 0 rings (SSSR count). The van der Waals surface area contributed by atoms with Crippen LogP contribution in [0.25, 0.3) is 0 Å². The minimum Gasteiger partial charge on any atom is -0.465 e. The lowest BCUT2D eigenvalue weighted by Gasteiger charge is -2.06. The molecule has 0 radical (unpaired) electrons. The van der Waals surface area contributed by atoms with Gasteiger partial charge in [-0.1, -0.05) is 0 Å². The van der Waals surface area contributed by atoms with Crippen LogP contribution < -0.4 is 0 Å². The van der Waals surface area contributed by atoms with Gasteiger partial charge in [0.25, 0.3) is 0 Å². The van der Waals surface area contributed by atoms with E-state index in [0.717, 1.165) is 0 Å². The van der Waals surface area contributed by atoms with Gasteiger partial charge in [-0.2, -0.15) is 12.6 Å². The molecule has 5 heteroatoms. The van der Waals surface area contributed by atoms with E-state index in [9.17, 15) is 9.59 Å². The lowest BCUT2D eigenvalue weighted by molar-refractivity contribution is -0.144. The summed E-state index contributed by atoms with van der Waals surface area (Å²) in [6.07, 6.45) is 1.27. The Morgan fingerprint density at radius 3 is 2.62 bits per heavy atom. The van der Waals surface area contributed by atoms with E-state index in [4.69, 9.17) is 4.74 Å². The predicted octanol–water partition coefficient (Wildman–Crippen LogP) is 0.713. The van der Waals surface area contributed by atoms with Gasteiger partial charge in [0.1, 0.15) is 5.92 Å². The van der Waals surface area contributed by atoms with Crippen molar-refractivity contribution < 1.29 is 14.3 Å². The van der Waals surface area contributed by atoms with Crippen LogP contribution in [0.4, 0.5) is 0 Å². The van der Waals surface area contributed by atoms with Crippen LogP contribution in [0.3, 0.4) is 0 Å². The third-order valence-corrected chi connectivity index (χ3v) is 1.62. The van der Waals surface area contributed by atoms with Gasteiger partial charge in [0, 0.05) is 18.9 Å². The van der Waals surface area contributed by atoms with E-state index < -0.39 is 11.9 Å². The number of amides is 1. The maximum atomic E-state index is 11.1. The fourth-order valence-electron chi connectivity index (χ4n) is 0.627. The van der Waals surface area contributed by atoms with Gasteiger partial charge in [0.15, 0.2) is 0 Å². The second-order valence-electron chi connectivity index (χ2n) is 2.34. The lowest BCUT2D eigenvalue weighted by Crippen LogP contribution is -2.20. The molecule has 0 heterocycles. The summed E-state index contributed by atoms with van der Waals surface area (Å²) in [5.74, 6) is -0.985. The van der Waals surface area contributed by atoms with Crippen LogP contribution in [-0.4, -0.2) is 30.5 Å². The van der Waals surface area contributed by atoms with E-state index in [1.165, 1.54) is 13.1 Å². The first-order chi connectivity index (χ1) is 6.11. The fourth-order valence-corrected chi connectivity index (χ4v) is 0.870. The maximum absolute atomic E-state index is 11.1. The zero-order valence-electron chi connectivity index (χ0n) is 7.69. The number of nitrogens with zero attached hydrogens (tertiary/aromatic N) is 1. The third kappa shape index (κ3) is 5.41. The number of aliphatic imine (C=N–C) groups is 1. The summed E-state index contributed by atoms with van der Waals surface area (Å²) < 4.78 is 4.74. The number of hydrogen-bond acceptors (Lipinski definition) is 4. The van der Waals surface area contributed by atoms with Crippen molar-refractivity contribution in [3.63, 3.8) is 0 Å². The molecule has 1 atom stereocenters. The Bertz CT molecular complexity index is 215. The van der Waals surface area contributed by atoms with Crippen molar-refractivity contribution in [2.45, 2.75) is 13.8 Å². The van der Waals surface area contributed by atoms with E-state index in [2.05, 4.69) is 17.6 Å². The number of hydrogen-bond donors (Lipinski definition) is 1. The Balaban J connectivity index is 4.17. The summed E-state index contributed by atoms with van der Waals surface area (Å²) in [6.45, 7) is 3.35. The number of carbonyl (C=O) groups is 2.